The molecule has 0 aliphatic carbocycles. The summed E-state index contributed by atoms with van der Waals surface area (Å²) in [5, 5.41) is 9.40. The number of phenols is 1. The minimum atomic E-state index is -0.482. The van der Waals surface area contributed by atoms with Gasteiger partial charge in [-0.3, -0.25) is 0 Å². The van der Waals surface area contributed by atoms with Gasteiger partial charge in [0.25, 0.3) is 0 Å². The molecule has 2 rings (SSSR count). The van der Waals surface area contributed by atoms with E-state index in [-0.39, 0.29) is 11.5 Å². The lowest BCUT2D eigenvalue weighted by Crippen LogP contribution is -1.95. The number of phenolic OH excluding ortho intramolecular Hbond substituents is 1. The van der Waals surface area contributed by atoms with Crippen molar-refractivity contribution in [1.29, 1.82) is 0 Å². The van der Waals surface area contributed by atoms with Gasteiger partial charge in [-0.1, -0.05) is 30.3 Å². The second kappa shape index (κ2) is 4.66. The molecule has 2 aromatic carbocycles. The van der Waals surface area contributed by atoms with Gasteiger partial charge in [-0.2, -0.15) is 0 Å². The highest BCUT2D eigenvalue weighted by Crippen LogP contribution is 2.26. The third-order valence-electron chi connectivity index (χ3n) is 2.16. The van der Waals surface area contributed by atoms with Crippen molar-refractivity contribution in [2.75, 3.05) is 0 Å². The lowest BCUT2D eigenvalue weighted by molar-refractivity contribution is 0.288. The Morgan fingerprint density at radius 3 is 2.50 bits per heavy atom. The SMILES string of the molecule is Oc1cc(F)ccc1OCc1ccccc1. The maximum atomic E-state index is 12.7. The summed E-state index contributed by atoms with van der Waals surface area (Å²) in [6.45, 7) is 0.347. The summed E-state index contributed by atoms with van der Waals surface area (Å²) in [7, 11) is 0. The molecule has 0 aromatic heterocycles. The summed E-state index contributed by atoms with van der Waals surface area (Å²) >= 11 is 0. The summed E-state index contributed by atoms with van der Waals surface area (Å²) in [5.41, 5.74) is 0.992. The van der Waals surface area contributed by atoms with E-state index >= 15 is 0 Å². The van der Waals surface area contributed by atoms with Crippen LogP contribution in [0.2, 0.25) is 0 Å². The largest absolute Gasteiger partial charge is 0.504 e. The van der Waals surface area contributed by atoms with Crippen LogP contribution in [0.4, 0.5) is 4.39 Å². The van der Waals surface area contributed by atoms with E-state index in [1.807, 2.05) is 30.3 Å². The van der Waals surface area contributed by atoms with Gasteiger partial charge in [0.1, 0.15) is 12.4 Å². The van der Waals surface area contributed by atoms with Crippen LogP contribution in [0.15, 0.2) is 48.5 Å². The molecule has 0 saturated carbocycles. The fraction of sp³-hybridized carbons (Fsp3) is 0.0769. The third kappa shape index (κ3) is 2.51. The predicted octanol–water partition coefficient (Wildman–Crippen LogP) is 3.11. The van der Waals surface area contributed by atoms with Crippen molar-refractivity contribution in [3.63, 3.8) is 0 Å². The van der Waals surface area contributed by atoms with Crippen LogP contribution >= 0.6 is 0 Å². The van der Waals surface area contributed by atoms with Crippen molar-refractivity contribution in [2.24, 2.45) is 0 Å². The van der Waals surface area contributed by atoms with Crippen LogP contribution in [0.5, 0.6) is 11.5 Å². The standard InChI is InChI=1S/C13H11FO2/c14-11-6-7-13(12(15)8-11)16-9-10-4-2-1-3-5-10/h1-8,15H,9H2. The second-order valence-electron chi connectivity index (χ2n) is 3.39. The summed E-state index contributed by atoms with van der Waals surface area (Å²) in [4.78, 5) is 0. The Hall–Kier alpha value is -2.03. The van der Waals surface area contributed by atoms with Gasteiger partial charge in [-0.15, -0.1) is 0 Å². The molecule has 0 heterocycles. The first-order valence-electron chi connectivity index (χ1n) is 4.91. The average Bonchev–Trinajstić information content (AvgIpc) is 2.29. The Bertz CT molecular complexity index is 469. The molecule has 0 aliphatic heterocycles. The van der Waals surface area contributed by atoms with Crippen molar-refractivity contribution in [3.05, 3.63) is 59.9 Å². The fourth-order valence-corrected chi connectivity index (χ4v) is 1.35. The average molecular weight is 218 g/mol. The Morgan fingerprint density at radius 1 is 1.06 bits per heavy atom. The molecule has 0 saturated heterocycles. The zero-order chi connectivity index (χ0) is 11.4. The van der Waals surface area contributed by atoms with Crippen molar-refractivity contribution in [2.45, 2.75) is 6.61 Å². The van der Waals surface area contributed by atoms with Crippen molar-refractivity contribution >= 4 is 0 Å². The summed E-state index contributed by atoms with van der Waals surface area (Å²) < 4.78 is 18.1. The van der Waals surface area contributed by atoms with Gasteiger partial charge in [0.15, 0.2) is 11.5 Å². The molecule has 82 valence electrons. The Labute approximate surface area is 92.9 Å². The van der Waals surface area contributed by atoms with E-state index in [9.17, 15) is 9.50 Å². The highest BCUT2D eigenvalue weighted by Gasteiger charge is 2.03. The van der Waals surface area contributed by atoms with Crippen LogP contribution in [-0.4, -0.2) is 5.11 Å². The number of aromatic hydroxyl groups is 1. The first-order valence-corrected chi connectivity index (χ1v) is 4.91. The Kier molecular flexibility index (Phi) is 3.05. The number of rotatable bonds is 3. The van der Waals surface area contributed by atoms with Crippen molar-refractivity contribution in [3.8, 4) is 11.5 Å². The molecule has 0 radical (unpaired) electrons. The van der Waals surface area contributed by atoms with Crippen LogP contribution in [0, 0.1) is 5.82 Å². The summed E-state index contributed by atoms with van der Waals surface area (Å²) in [6, 6.07) is 13.3. The molecule has 2 nitrogen and oxygen atoms in total. The first kappa shape index (κ1) is 10.5. The van der Waals surface area contributed by atoms with Gasteiger partial charge in [-0.05, 0) is 17.7 Å². The van der Waals surface area contributed by atoms with Crippen LogP contribution < -0.4 is 4.74 Å². The van der Waals surface area contributed by atoms with E-state index in [0.717, 1.165) is 11.6 Å². The van der Waals surface area contributed by atoms with Gasteiger partial charge >= 0.3 is 0 Å². The topological polar surface area (TPSA) is 29.5 Å². The van der Waals surface area contributed by atoms with Crippen molar-refractivity contribution < 1.29 is 14.2 Å². The van der Waals surface area contributed by atoms with Crippen LogP contribution in [-0.2, 0) is 6.61 Å². The number of hydrogen-bond acceptors (Lipinski definition) is 2. The quantitative estimate of drug-likeness (QED) is 0.857. The molecular formula is C13H11FO2. The van der Waals surface area contributed by atoms with Gasteiger partial charge < -0.3 is 9.84 Å². The molecule has 0 spiro atoms. The highest BCUT2D eigenvalue weighted by molar-refractivity contribution is 5.38. The molecule has 0 amide bonds. The summed E-state index contributed by atoms with van der Waals surface area (Å²) in [5.74, 6) is -0.384. The molecular weight excluding hydrogens is 207 g/mol. The fourth-order valence-electron chi connectivity index (χ4n) is 1.35. The van der Waals surface area contributed by atoms with Gasteiger partial charge in [-0.25, -0.2) is 4.39 Å². The van der Waals surface area contributed by atoms with Crippen LogP contribution in [0.25, 0.3) is 0 Å². The minimum absolute atomic E-state index is 0.184. The van der Waals surface area contributed by atoms with E-state index in [2.05, 4.69) is 0 Å². The third-order valence-corrected chi connectivity index (χ3v) is 2.16. The van der Waals surface area contributed by atoms with E-state index in [0.29, 0.717) is 6.61 Å². The monoisotopic (exact) mass is 218 g/mol. The van der Waals surface area contributed by atoms with Gasteiger partial charge in [0, 0.05) is 6.07 Å². The molecule has 0 fully saturated rings. The lowest BCUT2D eigenvalue weighted by atomic mass is 10.2. The molecule has 16 heavy (non-hydrogen) atoms. The Morgan fingerprint density at radius 2 is 1.81 bits per heavy atom. The zero-order valence-electron chi connectivity index (χ0n) is 8.56. The molecule has 0 unspecified atom stereocenters. The molecule has 0 bridgehead atoms. The predicted molar refractivity (Wildman–Crippen MR) is 58.8 cm³/mol. The normalized spacial score (nSPS) is 10.1. The molecule has 3 heteroatoms. The Balaban J connectivity index is 2.05. The maximum Gasteiger partial charge on any atom is 0.161 e. The lowest BCUT2D eigenvalue weighted by Gasteiger charge is -2.07. The van der Waals surface area contributed by atoms with Crippen LogP contribution in [0.1, 0.15) is 5.56 Å². The number of benzene rings is 2. The van der Waals surface area contributed by atoms with Crippen LogP contribution in [0.3, 0.4) is 0 Å². The minimum Gasteiger partial charge on any atom is -0.504 e. The molecule has 2 aromatic rings. The zero-order valence-corrected chi connectivity index (χ0v) is 8.56. The number of ether oxygens (including phenoxy) is 1. The number of halogens is 1. The molecule has 1 N–H and O–H groups in total. The van der Waals surface area contributed by atoms with Crippen molar-refractivity contribution in [1.82, 2.24) is 0 Å². The van der Waals surface area contributed by atoms with Gasteiger partial charge in [0.2, 0.25) is 0 Å². The smallest absolute Gasteiger partial charge is 0.161 e. The van der Waals surface area contributed by atoms with E-state index in [4.69, 9.17) is 4.74 Å². The molecule has 0 atom stereocenters. The number of hydrogen-bond donors (Lipinski definition) is 1. The van der Waals surface area contributed by atoms with Gasteiger partial charge in [0.05, 0.1) is 0 Å². The second-order valence-corrected chi connectivity index (χ2v) is 3.39. The van der Waals surface area contributed by atoms with E-state index in [1.165, 1.54) is 12.1 Å². The van der Waals surface area contributed by atoms with E-state index < -0.39 is 5.82 Å². The maximum absolute atomic E-state index is 12.7. The first-order chi connectivity index (χ1) is 7.75. The molecule has 0 aliphatic rings. The summed E-state index contributed by atoms with van der Waals surface area (Å²) in [6.07, 6.45) is 0. The highest BCUT2D eigenvalue weighted by atomic mass is 19.1. The van der Waals surface area contributed by atoms with E-state index in [1.54, 1.807) is 0 Å².